The van der Waals surface area contributed by atoms with Gasteiger partial charge in [-0.1, -0.05) is 30.3 Å². The molecular formula is C13H14O4. The van der Waals surface area contributed by atoms with E-state index < -0.39 is 11.9 Å². The lowest BCUT2D eigenvalue weighted by Crippen LogP contribution is -2.04. The van der Waals surface area contributed by atoms with E-state index in [0.29, 0.717) is 0 Å². The summed E-state index contributed by atoms with van der Waals surface area (Å²) in [7, 11) is 0. The van der Waals surface area contributed by atoms with Gasteiger partial charge in [0.05, 0.1) is 6.61 Å². The molecule has 90 valence electrons. The monoisotopic (exact) mass is 234 g/mol. The van der Waals surface area contributed by atoms with Crippen molar-refractivity contribution in [3.8, 4) is 0 Å². The summed E-state index contributed by atoms with van der Waals surface area (Å²) in [5, 5.41) is 0. The lowest BCUT2D eigenvalue weighted by atomic mass is 10.2. The molecule has 0 aliphatic rings. The third-order valence-electron chi connectivity index (χ3n) is 1.87. The summed E-state index contributed by atoms with van der Waals surface area (Å²) in [4.78, 5) is 22.1. The Kier molecular flexibility index (Phi) is 5.51. The van der Waals surface area contributed by atoms with Gasteiger partial charge in [0.2, 0.25) is 0 Å². The number of ether oxygens (including phenoxy) is 2. The van der Waals surface area contributed by atoms with Crippen molar-refractivity contribution in [1.29, 1.82) is 0 Å². The smallest absolute Gasteiger partial charge is 0.331 e. The second-order valence-corrected chi connectivity index (χ2v) is 3.18. The van der Waals surface area contributed by atoms with Crippen LogP contribution in [0.4, 0.5) is 0 Å². The molecule has 4 nitrogen and oxygen atoms in total. The second kappa shape index (κ2) is 7.22. The van der Waals surface area contributed by atoms with Crippen LogP contribution in [0.3, 0.4) is 0 Å². The summed E-state index contributed by atoms with van der Waals surface area (Å²) in [6.07, 6.45) is 2.11. The fourth-order valence-electron chi connectivity index (χ4n) is 1.10. The molecule has 0 spiro atoms. The van der Waals surface area contributed by atoms with E-state index in [1.54, 1.807) is 6.92 Å². The Hall–Kier alpha value is -2.10. The number of rotatable bonds is 5. The van der Waals surface area contributed by atoms with E-state index in [1.807, 2.05) is 30.3 Å². The van der Waals surface area contributed by atoms with E-state index in [-0.39, 0.29) is 13.2 Å². The van der Waals surface area contributed by atoms with Gasteiger partial charge in [0.1, 0.15) is 6.61 Å². The van der Waals surface area contributed by atoms with Crippen LogP contribution in [-0.4, -0.2) is 18.5 Å². The Morgan fingerprint density at radius 2 is 1.65 bits per heavy atom. The predicted molar refractivity (Wildman–Crippen MR) is 62.0 cm³/mol. The lowest BCUT2D eigenvalue weighted by molar-refractivity contribution is -0.141. The summed E-state index contributed by atoms with van der Waals surface area (Å²) >= 11 is 0. The van der Waals surface area contributed by atoms with Crippen molar-refractivity contribution in [3.05, 3.63) is 48.0 Å². The number of hydrogen-bond acceptors (Lipinski definition) is 4. The van der Waals surface area contributed by atoms with Crippen molar-refractivity contribution >= 4 is 11.9 Å². The van der Waals surface area contributed by atoms with Crippen LogP contribution in [0.15, 0.2) is 42.5 Å². The molecular weight excluding hydrogens is 220 g/mol. The van der Waals surface area contributed by atoms with Gasteiger partial charge in [0.25, 0.3) is 0 Å². The molecule has 0 saturated heterocycles. The molecule has 1 aromatic rings. The number of carbonyl (C=O) groups is 2. The van der Waals surface area contributed by atoms with Gasteiger partial charge in [-0.05, 0) is 12.5 Å². The van der Waals surface area contributed by atoms with Gasteiger partial charge in [-0.3, -0.25) is 0 Å². The summed E-state index contributed by atoms with van der Waals surface area (Å²) in [5.74, 6) is -1.12. The third kappa shape index (κ3) is 5.51. The molecule has 4 heteroatoms. The van der Waals surface area contributed by atoms with Crippen molar-refractivity contribution in [2.75, 3.05) is 6.61 Å². The highest BCUT2D eigenvalue weighted by molar-refractivity contribution is 5.91. The molecule has 0 aliphatic carbocycles. The van der Waals surface area contributed by atoms with E-state index in [1.165, 1.54) is 0 Å². The van der Waals surface area contributed by atoms with Crippen molar-refractivity contribution < 1.29 is 19.1 Å². The van der Waals surface area contributed by atoms with E-state index in [2.05, 4.69) is 4.74 Å². The second-order valence-electron chi connectivity index (χ2n) is 3.18. The van der Waals surface area contributed by atoms with Gasteiger partial charge in [0.15, 0.2) is 0 Å². The zero-order valence-corrected chi connectivity index (χ0v) is 9.59. The van der Waals surface area contributed by atoms with Gasteiger partial charge in [-0.25, -0.2) is 9.59 Å². The van der Waals surface area contributed by atoms with Crippen LogP contribution in [0.2, 0.25) is 0 Å². The third-order valence-corrected chi connectivity index (χ3v) is 1.87. The van der Waals surface area contributed by atoms with Crippen molar-refractivity contribution in [2.24, 2.45) is 0 Å². The molecule has 0 atom stereocenters. The molecule has 17 heavy (non-hydrogen) atoms. The van der Waals surface area contributed by atoms with Gasteiger partial charge in [-0.15, -0.1) is 0 Å². The van der Waals surface area contributed by atoms with Crippen LogP contribution in [0.5, 0.6) is 0 Å². The molecule has 0 N–H and O–H groups in total. The Morgan fingerprint density at radius 1 is 1.06 bits per heavy atom. The molecule has 0 amide bonds. The van der Waals surface area contributed by atoms with E-state index in [9.17, 15) is 9.59 Å². The first-order valence-electron chi connectivity index (χ1n) is 5.28. The molecule has 0 fully saturated rings. The molecule has 0 unspecified atom stereocenters. The molecule has 1 aromatic carbocycles. The molecule has 0 aromatic heterocycles. The van der Waals surface area contributed by atoms with Gasteiger partial charge in [-0.2, -0.15) is 0 Å². The van der Waals surface area contributed by atoms with E-state index >= 15 is 0 Å². The standard InChI is InChI=1S/C13H14O4/c1-2-16-12(14)8-9-13(15)17-10-11-6-4-3-5-7-11/h3-9H,2,10H2,1H3/b9-8-. The molecule has 0 bridgehead atoms. The maximum Gasteiger partial charge on any atom is 0.331 e. The normalized spacial score (nSPS) is 10.2. The first kappa shape index (κ1) is 13.0. The maximum atomic E-state index is 11.2. The number of benzene rings is 1. The summed E-state index contributed by atoms with van der Waals surface area (Å²) < 4.78 is 9.54. The molecule has 0 radical (unpaired) electrons. The first-order valence-corrected chi connectivity index (χ1v) is 5.28. The minimum atomic E-state index is -0.568. The zero-order valence-electron chi connectivity index (χ0n) is 9.59. The number of carbonyl (C=O) groups excluding carboxylic acids is 2. The average molecular weight is 234 g/mol. The van der Waals surface area contributed by atoms with Crippen LogP contribution >= 0.6 is 0 Å². The zero-order chi connectivity index (χ0) is 12.5. The minimum absolute atomic E-state index is 0.187. The Bertz CT molecular complexity index is 395. The molecule has 0 aliphatic heterocycles. The van der Waals surface area contributed by atoms with Crippen molar-refractivity contribution in [2.45, 2.75) is 13.5 Å². The first-order chi connectivity index (χ1) is 8.22. The number of hydrogen-bond donors (Lipinski definition) is 0. The highest BCUT2D eigenvalue weighted by atomic mass is 16.5. The van der Waals surface area contributed by atoms with Gasteiger partial charge < -0.3 is 9.47 Å². The fourth-order valence-corrected chi connectivity index (χ4v) is 1.10. The van der Waals surface area contributed by atoms with Gasteiger partial charge >= 0.3 is 11.9 Å². The highest BCUT2D eigenvalue weighted by Crippen LogP contribution is 2.00. The van der Waals surface area contributed by atoms with E-state index in [0.717, 1.165) is 17.7 Å². The topological polar surface area (TPSA) is 52.6 Å². The number of esters is 2. The Labute approximate surface area is 99.8 Å². The predicted octanol–water partition coefficient (Wildman–Crippen LogP) is 1.85. The van der Waals surface area contributed by atoms with Crippen LogP contribution in [0, 0.1) is 0 Å². The van der Waals surface area contributed by atoms with Crippen molar-refractivity contribution in [1.82, 2.24) is 0 Å². The van der Waals surface area contributed by atoms with Crippen molar-refractivity contribution in [3.63, 3.8) is 0 Å². The van der Waals surface area contributed by atoms with Crippen LogP contribution in [-0.2, 0) is 25.7 Å². The molecule has 1 rings (SSSR count). The fraction of sp³-hybridized carbons (Fsp3) is 0.231. The summed E-state index contributed by atoms with van der Waals surface area (Å²) in [5.41, 5.74) is 0.894. The highest BCUT2D eigenvalue weighted by Gasteiger charge is 2.00. The average Bonchev–Trinajstić information content (AvgIpc) is 2.35. The van der Waals surface area contributed by atoms with Crippen LogP contribution < -0.4 is 0 Å². The lowest BCUT2D eigenvalue weighted by Gasteiger charge is -2.01. The van der Waals surface area contributed by atoms with Crippen LogP contribution in [0.25, 0.3) is 0 Å². The quantitative estimate of drug-likeness (QED) is 0.576. The summed E-state index contributed by atoms with van der Waals surface area (Å²) in [6, 6.07) is 9.30. The maximum absolute atomic E-state index is 11.2. The Balaban J connectivity index is 2.33. The Morgan fingerprint density at radius 3 is 2.24 bits per heavy atom. The van der Waals surface area contributed by atoms with Crippen LogP contribution in [0.1, 0.15) is 12.5 Å². The largest absolute Gasteiger partial charge is 0.463 e. The summed E-state index contributed by atoms with van der Waals surface area (Å²) in [6.45, 7) is 2.16. The minimum Gasteiger partial charge on any atom is -0.463 e. The molecule has 0 saturated carbocycles. The van der Waals surface area contributed by atoms with Gasteiger partial charge in [0, 0.05) is 12.2 Å². The van der Waals surface area contributed by atoms with E-state index in [4.69, 9.17) is 4.74 Å². The molecule has 0 heterocycles. The SMILES string of the molecule is CCOC(=O)/C=C\C(=O)OCc1ccccc1.